The molecule has 0 aliphatic rings. The zero-order valence-electron chi connectivity index (χ0n) is 10.5. The lowest BCUT2D eigenvalue weighted by Crippen LogP contribution is -2.52. The van der Waals surface area contributed by atoms with Crippen molar-refractivity contribution >= 4 is 11.9 Å². The van der Waals surface area contributed by atoms with Gasteiger partial charge in [-0.15, -0.1) is 0 Å². The summed E-state index contributed by atoms with van der Waals surface area (Å²) in [7, 11) is 2.49. The fourth-order valence-corrected chi connectivity index (χ4v) is 1.70. The first-order valence-corrected chi connectivity index (χ1v) is 5.50. The highest BCUT2D eigenvalue weighted by Gasteiger charge is 2.38. The number of benzene rings is 1. The Morgan fingerprint density at radius 2 is 1.78 bits per heavy atom. The largest absolute Gasteiger partial charge is 0.469 e. The Kier molecular flexibility index (Phi) is 4.85. The van der Waals surface area contributed by atoms with Crippen LogP contribution in [0.25, 0.3) is 0 Å². The molecule has 2 N–H and O–H groups in total. The van der Waals surface area contributed by atoms with Gasteiger partial charge in [-0.3, -0.25) is 9.59 Å². The Morgan fingerprint density at radius 1 is 1.17 bits per heavy atom. The van der Waals surface area contributed by atoms with Crippen LogP contribution >= 0.6 is 0 Å². The highest BCUT2D eigenvalue weighted by Crippen LogP contribution is 2.17. The maximum atomic E-state index is 11.7. The Balaban J connectivity index is 2.91. The lowest BCUT2D eigenvalue weighted by Gasteiger charge is -2.25. The van der Waals surface area contributed by atoms with Crippen molar-refractivity contribution < 1.29 is 19.1 Å². The summed E-state index contributed by atoms with van der Waals surface area (Å²) in [5.74, 6) is -1.17. The van der Waals surface area contributed by atoms with Crippen LogP contribution < -0.4 is 5.73 Å². The Bertz CT molecular complexity index is 418. The average molecular weight is 251 g/mol. The first-order valence-electron chi connectivity index (χ1n) is 5.50. The summed E-state index contributed by atoms with van der Waals surface area (Å²) in [5.41, 5.74) is 5.44. The van der Waals surface area contributed by atoms with Gasteiger partial charge in [0.05, 0.1) is 20.6 Å². The van der Waals surface area contributed by atoms with Crippen molar-refractivity contribution in [1.29, 1.82) is 0 Å². The van der Waals surface area contributed by atoms with Crippen LogP contribution in [0, 0.1) is 0 Å². The van der Waals surface area contributed by atoms with Crippen LogP contribution in [-0.2, 0) is 25.5 Å². The number of esters is 2. The molecule has 0 bridgehead atoms. The molecule has 1 aromatic rings. The van der Waals surface area contributed by atoms with Crippen molar-refractivity contribution in [2.24, 2.45) is 5.73 Å². The molecular weight excluding hydrogens is 234 g/mol. The number of ether oxygens (including phenoxy) is 2. The summed E-state index contributed by atoms with van der Waals surface area (Å²) in [6.07, 6.45) is 0.000676. The van der Waals surface area contributed by atoms with Crippen molar-refractivity contribution in [3.63, 3.8) is 0 Å². The molecule has 5 nitrogen and oxygen atoms in total. The van der Waals surface area contributed by atoms with Crippen LogP contribution in [0.3, 0.4) is 0 Å². The molecule has 0 unspecified atom stereocenters. The summed E-state index contributed by atoms with van der Waals surface area (Å²) in [6.45, 7) is 0. The van der Waals surface area contributed by atoms with E-state index in [9.17, 15) is 9.59 Å². The summed E-state index contributed by atoms with van der Waals surface area (Å²) < 4.78 is 9.21. The smallest absolute Gasteiger partial charge is 0.326 e. The van der Waals surface area contributed by atoms with E-state index in [0.717, 1.165) is 5.56 Å². The molecule has 0 radical (unpaired) electrons. The lowest BCUT2D eigenvalue weighted by molar-refractivity contribution is -0.153. The van der Waals surface area contributed by atoms with Gasteiger partial charge in [0, 0.05) is 6.42 Å². The van der Waals surface area contributed by atoms with Crippen molar-refractivity contribution in [2.45, 2.75) is 18.4 Å². The number of carbonyl (C=O) groups is 2. The maximum absolute atomic E-state index is 11.7. The van der Waals surface area contributed by atoms with Gasteiger partial charge < -0.3 is 15.2 Å². The molecule has 18 heavy (non-hydrogen) atoms. The first kappa shape index (κ1) is 14.2. The van der Waals surface area contributed by atoms with Gasteiger partial charge in [0.25, 0.3) is 0 Å². The molecule has 0 aliphatic heterocycles. The molecular formula is C13H17NO4. The van der Waals surface area contributed by atoms with Crippen LogP contribution in [-0.4, -0.2) is 31.7 Å². The predicted octanol–water partition coefficient (Wildman–Crippen LogP) is 0.663. The predicted molar refractivity (Wildman–Crippen MR) is 65.7 cm³/mol. The molecule has 0 saturated heterocycles. The average Bonchev–Trinajstić information content (AvgIpc) is 2.38. The third-order valence-corrected chi connectivity index (χ3v) is 2.64. The van der Waals surface area contributed by atoms with Crippen LogP contribution in [0.1, 0.15) is 12.0 Å². The molecule has 1 atom stereocenters. The third-order valence-electron chi connectivity index (χ3n) is 2.64. The molecule has 0 spiro atoms. The van der Waals surface area contributed by atoms with Crippen molar-refractivity contribution in [2.75, 3.05) is 14.2 Å². The number of hydrogen-bond donors (Lipinski definition) is 1. The zero-order valence-corrected chi connectivity index (χ0v) is 10.5. The monoisotopic (exact) mass is 251 g/mol. The second kappa shape index (κ2) is 6.16. The van der Waals surface area contributed by atoms with Gasteiger partial charge in [0.1, 0.15) is 5.54 Å². The third kappa shape index (κ3) is 3.56. The van der Waals surface area contributed by atoms with E-state index in [1.807, 2.05) is 30.3 Å². The first-order chi connectivity index (χ1) is 8.51. The second-order valence-corrected chi connectivity index (χ2v) is 4.06. The van der Waals surface area contributed by atoms with Gasteiger partial charge in [0.15, 0.2) is 0 Å². The molecule has 1 aromatic carbocycles. The number of rotatable bonds is 5. The summed E-state index contributed by atoms with van der Waals surface area (Å²) in [5, 5.41) is 0. The van der Waals surface area contributed by atoms with Crippen molar-refractivity contribution in [3.05, 3.63) is 35.9 Å². The molecule has 98 valence electrons. The van der Waals surface area contributed by atoms with Crippen LogP contribution in [0.2, 0.25) is 0 Å². The van der Waals surface area contributed by atoms with E-state index < -0.39 is 17.5 Å². The summed E-state index contributed by atoms with van der Waals surface area (Å²) in [6, 6.07) is 9.21. The molecule has 0 amide bonds. The molecule has 0 heterocycles. The van der Waals surface area contributed by atoms with Gasteiger partial charge in [-0.05, 0) is 5.56 Å². The minimum atomic E-state index is -1.40. The van der Waals surface area contributed by atoms with Crippen LogP contribution in [0.15, 0.2) is 30.3 Å². The maximum Gasteiger partial charge on any atom is 0.326 e. The normalized spacial score (nSPS) is 13.5. The standard InChI is InChI=1S/C13H17NO4/c1-17-11(15)9-13(14,12(16)18-2)8-10-6-4-3-5-7-10/h3-7H,8-9,14H2,1-2H3/t13-/m0/s1. The number of nitrogens with two attached hydrogens (primary N) is 1. The van der Waals surface area contributed by atoms with Gasteiger partial charge in [0.2, 0.25) is 0 Å². The van der Waals surface area contributed by atoms with E-state index in [4.69, 9.17) is 5.73 Å². The Hall–Kier alpha value is -1.88. The fourth-order valence-electron chi connectivity index (χ4n) is 1.70. The molecule has 0 aliphatic carbocycles. The number of methoxy groups -OCH3 is 2. The minimum absolute atomic E-state index is 0.217. The van der Waals surface area contributed by atoms with Crippen molar-refractivity contribution in [1.82, 2.24) is 0 Å². The quantitative estimate of drug-likeness (QED) is 0.778. The van der Waals surface area contributed by atoms with Crippen LogP contribution in [0.5, 0.6) is 0 Å². The molecule has 1 rings (SSSR count). The number of carbonyl (C=O) groups excluding carboxylic acids is 2. The SMILES string of the molecule is COC(=O)C[C@@](N)(Cc1ccccc1)C(=O)OC. The molecule has 0 fully saturated rings. The van der Waals surface area contributed by atoms with Crippen LogP contribution in [0.4, 0.5) is 0 Å². The molecule has 5 heteroatoms. The topological polar surface area (TPSA) is 78.6 Å². The highest BCUT2D eigenvalue weighted by atomic mass is 16.5. The van der Waals surface area contributed by atoms with E-state index in [-0.39, 0.29) is 12.8 Å². The molecule has 0 aromatic heterocycles. The summed E-state index contributed by atoms with van der Waals surface area (Å²) >= 11 is 0. The molecule has 0 saturated carbocycles. The van der Waals surface area contributed by atoms with E-state index in [0.29, 0.717) is 0 Å². The Labute approximate surface area is 106 Å². The van der Waals surface area contributed by atoms with Gasteiger partial charge in [-0.25, -0.2) is 0 Å². The van der Waals surface area contributed by atoms with E-state index in [2.05, 4.69) is 9.47 Å². The fraction of sp³-hybridized carbons (Fsp3) is 0.385. The highest BCUT2D eigenvalue weighted by molar-refractivity contribution is 5.87. The Morgan fingerprint density at radius 3 is 2.28 bits per heavy atom. The van der Waals surface area contributed by atoms with Gasteiger partial charge >= 0.3 is 11.9 Å². The second-order valence-electron chi connectivity index (χ2n) is 4.06. The lowest BCUT2D eigenvalue weighted by atomic mass is 9.88. The van der Waals surface area contributed by atoms with Gasteiger partial charge in [-0.2, -0.15) is 0 Å². The number of hydrogen-bond acceptors (Lipinski definition) is 5. The van der Waals surface area contributed by atoms with E-state index in [1.165, 1.54) is 14.2 Å². The van der Waals surface area contributed by atoms with Crippen molar-refractivity contribution in [3.8, 4) is 0 Å². The van der Waals surface area contributed by atoms with E-state index >= 15 is 0 Å². The summed E-state index contributed by atoms with van der Waals surface area (Å²) in [4.78, 5) is 23.1. The minimum Gasteiger partial charge on any atom is -0.469 e. The zero-order chi connectivity index (χ0) is 13.6. The van der Waals surface area contributed by atoms with E-state index in [1.54, 1.807) is 0 Å². The van der Waals surface area contributed by atoms with Gasteiger partial charge in [-0.1, -0.05) is 30.3 Å².